The molecule has 0 spiro atoms. The highest BCUT2D eigenvalue weighted by molar-refractivity contribution is 7.88. The van der Waals surface area contributed by atoms with Crippen LogP contribution in [-0.2, 0) is 10.8 Å². The van der Waals surface area contributed by atoms with E-state index in [1.54, 1.807) is 48.5 Å². The van der Waals surface area contributed by atoms with Crippen LogP contribution in [0.4, 0.5) is 10.1 Å². The van der Waals surface area contributed by atoms with E-state index in [-0.39, 0.29) is 5.82 Å². The Balaban J connectivity index is 2.30. The molecule has 0 amide bonds. The molecule has 0 radical (unpaired) electrons. The quantitative estimate of drug-likeness (QED) is 0.823. The molecule has 23 heavy (non-hydrogen) atoms. The lowest BCUT2D eigenvalue weighted by Crippen LogP contribution is -2.20. The third kappa shape index (κ3) is 2.94. The maximum atomic E-state index is 14.2. The molecule has 0 aromatic heterocycles. The monoisotopic (exact) mass is 348 g/mol. The molecule has 1 unspecified atom stereocenters. The predicted octanol–water partition coefficient (Wildman–Crippen LogP) is 3.94. The van der Waals surface area contributed by atoms with Crippen LogP contribution in [0.25, 0.3) is 0 Å². The van der Waals surface area contributed by atoms with Crippen LogP contribution in [0.15, 0.2) is 58.7 Å². The number of fused-ring (bicyclic) bond motifs is 1. The Bertz CT molecular complexity index is 863. The van der Waals surface area contributed by atoms with Crippen molar-refractivity contribution in [1.82, 2.24) is 0 Å². The van der Waals surface area contributed by atoms with Crippen LogP contribution in [0.2, 0.25) is 5.02 Å². The lowest BCUT2D eigenvalue weighted by molar-refractivity contribution is 0.625. The molecular weight excluding hydrogens is 335 g/mol. The average molecular weight is 349 g/mol. The van der Waals surface area contributed by atoms with Crippen molar-refractivity contribution in [1.29, 1.82) is 0 Å². The molecule has 3 nitrogen and oxygen atoms in total. The number of rotatable bonds is 2. The Morgan fingerprint density at radius 1 is 1.17 bits per heavy atom. The summed E-state index contributed by atoms with van der Waals surface area (Å²) in [5.74, 6) is -0.366. The molecule has 3 rings (SSSR count). The minimum atomic E-state index is -1.23. The number of anilines is 1. The first-order valence-corrected chi connectivity index (χ1v) is 8.82. The Morgan fingerprint density at radius 3 is 2.61 bits per heavy atom. The van der Waals surface area contributed by atoms with Crippen molar-refractivity contribution in [3.05, 3.63) is 75.7 Å². The predicted molar refractivity (Wildman–Crippen MR) is 94.0 cm³/mol. The van der Waals surface area contributed by atoms with Crippen LogP contribution in [-0.4, -0.2) is 23.2 Å². The Morgan fingerprint density at radius 2 is 1.91 bits per heavy atom. The summed E-state index contributed by atoms with van der Waals surface area (Å²) < 4.78 is 26.2. The van der Waals surface area contributed by atoms with E-state index in [1.807, 2.05) is 6.07 Å². The Labute approximate surface area is 141 Å². The van der Waals surface area contributed by atoms with E-state index in [9.17, 15) is 8.60 Å². The summed E-state index contributed by atoms with van der Waals surface area (Å²) in [4.78, 5) is 6.20. The first-order valence-electron chi connectivity index (χ1n) is 6.89. The minimum Gasteiger partial charge on any atom is -0.336 e. The summed E-state index contributed by atoms with van der Waals surface area (Å²) >= 11 is 6.12. The Hall–Kier alpha value is -1.98. The van der Waals surface area contributed by atoms with Crippen LogP contribution >= 0.6 is 11.6 Å². The van der Waals surface area contributed by atoms with Gasteiger partial charge in [0.2, 0.25) is 0 Å². The fourth-order valence-electron chi connectivity index (χ4n) is 2.52. The molecule has 0 N–H and O–H groups in total. The van der Waals surface area contributed by atoms with Crippen molar-refractivity contribution in [2.75, 3.05) is 18.2 Å². The normalized spacial score (nSPS) is 15.4. The molecule has 0 aliphatic carbocycles. The molecule has 6 heteroatoms. The van der Waals surface area contributed by atoms with Crippen molar-refractivity contribution >= 4 is 33.8 Å². The topological polar surface area (TPSA) is 32.7 Å². The molecule has 2 aromatic rings. The maximum absolute atomic E-state index is 14.2. The van der Waals surface area contributed by atoms with Gasteiger partial charge in [-0.15, -0.1) is 0 Å². The second-order valence-corrected chi connectivity index (χ2v) is 6.86. The lowest BCUT2D eigenvalue weighted by atomic mass is 10.00. The number of hydrogen-bond donors (Lipinski definition) is 0. The van der Waals surface area contributed by atoms with E-state index in [0.29, 0.717) is 26.9 Å². The van der Waals surface area contributed by atoms with Gasteiger partial charge in [0.05, 0.1) is 28.4 Å². The van der Waals surface area contributed by atoms with Gasteiger partial charge in [0.15, 0.2) is 0 Å². The third-order valence-electron chi connectivity index (χ3n) is 3.63. The van der Waals surface area contributed by atoms with Crippen molar-refractivity contribution in [3.63, 3.8) is 0 Å². The van der Waals surface area contributed by atoms with E-state index in [4.69, 9.17) is 11.6 Å². The van der Waals surface area contributed by atoms with Crippen molar-refractivity contribution in [3.8, 4) is 0 Å². The molecular formula is C17H14ClFN2OS. The first kappa shape index (κ1) is 15.9. The molecule has 1 heterocycles. The fourth-order valence-corrected chi connectivity index (χ4v) is 3.38. The minimum absolute atomic E-state index is 0.366. The van der Waals surface area contributed by atoms with E-state index < -0.39 is 10.8 Å². The van der Waals surface area contributed by atoms with Gasteiger partial charge in [-0.1, -0.05) is 23.7 Å². The third-order valence-corrected chi connectivity index (χ3v) is 4.84. The number of nitrogens with zero attached hydrogens (tertiary/aromatic N) is 2. The van der Waals surface area contributed by atoms with Gasteiger partial charge in [-0.25, -0.2) is 4.39 Å². The highest BCUT2D eigenvalue weighted by atomic mass is 35.5. The fraction of sp³-hybridized carbons (Fsp3) is 0.118. The van der Waals surface area contributed by atoms with E-state index in [2.05, 4.69) is 4.99 Å². The molecule has 0 saturated heterocycles. The van der Waals surface area contributed by atoms with Crippen LogP contribution in [0, 0.1) is 5.82 Å². The molecule has 0 fully saturated rings. The van der Waals surface area contributed by atoms with Gasteiger partial charge < -0.3 is 4.90 Å². The van der Waals surface area contributed by atoms with E-state index >= 15 is 0 Å². The van der Waals surface area contributed by atoms with Crippen LogP contribution in [0.3, 0.4) is 0 Å². The maximum Gasteiger partial charge on any atom is 0.132 e. The zero-order valence-corrected chi connectivity index (χ0v) is 14.2. The van der Waals surface area contributed by atoms with Crippen molar-refractivity contribution in [2.45, 2.75) is 0 Å². The molecule has 1 atom stereocenters. The van der Waals surface area contributed by atoms with Gasteiger partial charge in [-0.3, -0.25) is 9.20 Å². The zero-order valence-electron chi connectivity index (χ0n) is 12.6. The highest BCUT2D eigenvalue weighted by Gasteiger charge is 2.23. The van der Waals surface area contributed by atoms with Crippen LogP contribution in [0.5, 0.6) is 0 Å². The lowest BCUT2D eigenvalue weighted by Gasteiger charge is -2.22. The number of hydrogen-bond acceptors (Lipinski definition) is 3. The molecule has 1 aliphatic rings. The summed E-state index contributed by atoms with van der Waals surface area (Å²) in [5, 5.41) is 1.07. The first-order chi connectivity index (χ1) is 11.0. The van der Waals surface area contributed by atoms with Crippen LogP contribution < -0.4 is 4.90 Å². The summed E-state index contributed by atoms with van der Waals surface area (Å²) in [7, 11) is 0.576. The standard InChI is InChI=1S/C17H14ClFN2OS/c1-21-15-8-7-11(18)9-13(15)17(20-10-16(21)23(2)22)12-5-3-4-6-14(12)19/h3-10H,1-2H3. The molecule has 0 saturated carbocycles. The van der Waals surface area contributed by atoms with E-state index in [1.165, 1.54) is 12.3 Å². The van der Waals surface area contributed by atoms with E-state index in [0.717, 1.165) is 5.69 Å². The largest absolute Gasteiger partial charge is 0.336 e. The molecule has 1 aliphatic heterocycles. The summed E-state index contributed by atoms with van der Waals surface area (Å²) in [6, 6.07) is 11.7. The molecule has 2 aromatic carbocycles. The number of benzene rings is 2. The van der Waals surface area contributed by atoms with Gasteiger partial charge in [0.1, 0.15) is 10.8 Å². The Kier molecular flexibility index (Phi) is 4.33. The second kappa shape index (κ2) is 6.26. The van der Waals surface area contributed by atoms with Crippen molar-refractivity contribution < 1.29 is 8.60 Å². The highest BCUT2D eigenvalue weighted by Crippen LogP contribution is 2.32. The summed E-state index contributed by atoms with van der Waals surface area (Å²) in [6.45, 7) is 0. The van der Waals surface area contributed by atoms with Gasteiger partial charge in [-0.2, -0.15) is 0 Å². The van der Waals surface area contributed by atoms with Gasteiger partial charge in [-0.05, 0) is 30.3 Å². The molecule has 0 bridgehead atoms. The number of aliphatic imine (C=N–C) groups is 1. The summed E-state index contributed by atoms with van der Waals surface area (Å²) in [6.07, 6.45) is 3.10. The van der Waals surface area contributed by atoms with Gasteiger partial charge >= 0.3 is 0 Å². The summed E-state index contributed by atoms with van der Waals surface area (Å²) in [5.41, 5.74) is 2.31. The smallest absolute Gasteiger partial charge is 0.132 e. The van der Waals surface area contributed by atoms with Crippen LogP contribution in [0.1, 0.15) is 11.1 Å². The van der Waals surface area contributed by atoms with Crippen molar-refractivity contribution in [2.24, 2.45) is 4.99 Å². The number of halogens is 2. The SMILES string of the molecule is CN1C(S(C)=O)=CN=C(c2ccccc2F)c2cc(Cl)ccc21. The van der Waals surface area contributed by atoms with Gasteiger partial charge in [0, 0.05) is 29.5 Å². The molecule has 118 valence electrons. The second-order valence-electron chi connectivity index (χ2n) is 5.10. The average Bonchev–Trinajstić information content (AvgIpc) is 2.65. The van der Waals surface area contributed by atoms with Gasteiger partial charge in [0.25, 0.3) is 0 Å². The zero-order chi connectivity index (χ0) is 16.6.